The van der Waals surface area contributed by atoms with E-state index in [1.165, 1.54) is 28.8 Å². The van der Waals surface area contributed by atoms with Crippen molar-refractivity contribution in [1.82, 2.24) is 0 Å². The second kappa shape index (κ2) is 6.35. The quantitative estimate of drug-likeness (QED) is 0.887. The summed E-state index contributed by atoms with van der Waals surface area (Å²) in [7, 11) is 0. The molecule has 0 radical (unpaired) electrons. The standard InChI is InChI=1S/C24H25NO2/c1-15(26)22-20-13-17-9-5-11-25-12-6-10-18(24(17)25)19(20)14-21(27)23(22)16-7-3-2-4-8-16/h2-4,7-8,13,15,26H,5-6,9-12,14H2,1H3. The van der Waals surface area contributed by atoms with Gasteiger partial charge < -0.3 is 10.0 Å². The second-order valence-electron chi connectivity index (χ2n) is 8.01. The van der Waals surface area contributed by atoms with Gasteiger partial charge in [0.1, 0.15) is 0 Å². The summed E-state index contributed by atoms with van der Waals surface area (Å²) in [4.78, 5) is 15.7. The van der Waals surface area contributed by atoms with Crippen LogP contribution in [-0.4, -0.2) is 30.1 Å². The van der Waals surface area contributed by atoms with Gasteiger partial charge in [-0.3, -0.25) is 4.79 Å². The molecule has 3 heteroatoms. The van der Waals surface area contributed by atoms with Crippen LogP contribution < -0.4 is 4.90 Å². The number of aliphatic hydroxyl groups excluding tert-OH is 1. The van der Waals surface area contributed by atoms with E-state index in [1.54, 1.807) is 6.92 Å². The summed E-state index contributed by atoms with van der Waals surface area (Å²) in [6.45, 7) is 4.04. The highest BCUT2D eigenvalue weighted by Gasteiger charge is 2.34. The van der Waals surface area contributed by atoms with Gasteiger partial charge in [-0.15, -0.1) is 0 Å². The third kappa shape index (κ3) is 2.56. The van der Waals surface area contributed by atoms with Crippen LogP contribution >= 0.6 is 0 Å². The molecule has 3 nitrogen and oxygen atoms in total. The number of hydrogen-bond acceptors (Lipinski definition) is 3. The van der Waals surface area contributed by atoms with Crippen molar-refractivity contribution >= 4 is 22.6 Å². The van der Waals surface area contributed by atoms with Crippen LogP contribution in [0.5, 0.6) is 0 Å². The average molecular weight is 359 g/mol. The molecular weight excluding hydrogens is 334 g/mol. The van der Waals surface area contributed by atoms with Crippen LogP contribution in [0.3, 0.4) is 0 Å². The first kappa shape index (κ1) is 16.8. The number of carbonyl (C=O) groups excluding carboxylic acids is 1. The summed E-state index contributed by atoms with van der Waals surface area (Å²) in [5.74, 6) is 0.133. The Hall–Kier alpha value is -2.39. The lowest BCUT2D eigenvalue weighted by Gasteiger charge is -2.40. The summed E-state index contributed by atoms with van der Waals surface area (Å²) < 4.78 is 0. The van der Waals surface area contributed by atoms with Crippen molar-refractivity contribution in [2.24, 2.45) is 0 Å². The van der Waals surface area contributed by atoms with Crippen LogP contribution in [0.15, 0.2) is 36.4 Å². The van der Waals surface area contributed by atoms with Crippen molar-refractivity contribution in [3.63, 3.8) is 0 Å². The van der Waals surface area contributed by atoms with E-state index in [-0.39, 0.29) is 5.78 Å². The fourth-order valence-corrected chi connectivity index (χ4v) is 5.26. The fourth-order valence-electron chi connectivity index (χ4n) is 5.26. The molecule has 1 N–H and O–H groups in total. The number of Topliss-reactive ketones (excluding diaryl/α,β-unsaturated/α-hetero) is 1. The van der Waals surface area contributed by atoms with Crippen LogP contribution in [0.25, 0.3) is 11.1 Å². The van der Waals surface area contributed by atoms with E-state index in [0.717, 1.165) is 49.1 Å². The van der Waals surface area contributed by atoms with Gasteiger partial charge in [0.2, 0.25) is 0 Å². The zero-order valence-electron chi connectivity index (χ0n) is 15.8. The highest BCUT2D eigenvalue weighted by Crippen LogP contribution is 2.45. The van der Waals surface area contributed by atoms with Crippen LogP contribution in [-0.2, 0) is 24.1 Å². The van der Waals surface area contributed by atoms with Gasteiger partial charge >= 0.3 is 0 Å². The van der Waals surface area contributed by atoms with Gasteiger partial charge in [-0.25, -0.2) is 0 Å². The van der Waals surface area contributed by atoms with Gasteiger partial charge in [0.15, 0.2) is 5.78 Å². The maximum absolute atomic E-state index is 13.2. The normalized spacial score (nSPS) is 19.6. The molecule has 27 heavy (non-hydrogen) atoms. The molecule has 0 amide bonds. The van der Waals surface area contributed by atoms with E-state index < -0.39 is 6.10 Å². The van der Waals surface area contributed by atoms with Crippen molar-refractivity contribution in [2.45, 2.75) is 45.1 Å². The summed E-state index contributed by atoms with van der Waals surface area (Å²) in [5.41, 5.74) is 8.87. The number of hydrogen-bond donors (Lipinski definition) is 1. The second-order valence-corrected chi connectivity index (χ2v) is 8.01. The topological polar surface area (TPSA) is 40.5 Å². The number of benzene rings is 2. The molecule has 3 aliphatic rings. The molecule has 0 fully saturated rings. The number of aliphatic hydroxyl groups is 1. The van der Waals surface area contributed by atoms with E-state index in [1.807, 2.05) is 30.3 Å². The number of nitrogens with zero attached hydrogens (tertiary/aromatic N) is 1. The van der Waals surface area contributed by atoms with Gasteiger partial charge in [0.25, 0.3) is 0 Å². The smallest absolute Gasteiger partial charge is 0.168 e. The number of rotatable bonds is 2. The lowest BCUT2D eigenvalue weighted by atomic mass is 9.75. The maximum atomic E-state index is 13.2. The molecule has 2 aromatic rings. The van der Waals surface area contributed by atoms with Gasteiger partial charge in [-0.05, 0) is 72.1 Å². The zero-order chi connectivity index (χ0) is 18.5. The lowest BCUT2D eigenvalue weighted by Crippen LogP contribution is -2.36. The predicted molar refractivity (Wildman–Crippen MR) is 109 cm³/mol. The first-order chi connectivity index (χ1) is 13.1. The highest BCUT2D eigenvalue weighted by atomic mass is 16.3. The Morgan fingerprint density at radius 2 is 1.78 bits per heavy atom. The minimum atomic E-state index is -0.670. The van der Waals surface area contributed by atoms with Crippen LogP contribution in [0.4, 0.5) is 5.69 Å². The molecule has 0 saturated heterocycles. The van der Waals surface area contributed by atoms with E-state index >= 15 is 0 Å². The van der Waals surface area contributed by atoms with Crippen LogP contribution in [0, 0.1) is 0 Å². The third-order valence-electron chi connectivity index (χ3n) is 6.30. The molecule has 2 aromatic carbocycles. The molecule has 0 spiro atoms. The maximum Gasteiger partial charge on any atom is 0.168 e. The number of aryl methyl sites for hydroxylation is 1. The molecule has 138 valence electrons. The first-order valence-electron chi connectivity index (χ1n) is 10.1. The van der Waals surface area contributed by atoms with E-state index in [2.05, 4.69) is 11.0 Å². The Balaban J connectivity index is 1.80. The van der Waals surface area contributed by atoms with Crippen LogP contribution in [0.1, 0.15) is 47.6 Å². The third-order valence-corrected chi connectivity index (χ3v) is 6.30. The number of anilines is 1. The first-order valence-corrected chi connectivity index (χ1v) is 10.1. The van der Waals surface area contributed by atoms with Crippen LogP contribution in [0.2, 0.25) is 0 Å². The molecule has 2 heterocycles. The van der Waals surface area contributed by atoms with Crippen molar-refractivity contribution in [2.75, 3.05) is 18.0 Å². The molecule has 0 bridgehead atoms. The Labute approximate surface area is 160 Å². The Kier molecular flexibility index (Phi) is 3.94. The largest absolute Gasteiger partial charge is 0.389 e. The van der Waals surface area contributed by atoms with Crippen molar-refractivity contribution in [1.29, 1.82) is 0 Å². The fraction of sp³-hybridized carbons (Fsp3) is 0.375. The number of carbonyl (C=O) groups is 1. The summed E-state index contributed by atoms with van der Waals surface area (Å²) in [5, 5.41) is 10.7. The molecule has 1 unspecified atom stereocenters. The molecule has 1 atom stereocenters. The van der Waals surface area contributed by atoms with E-state index in [4.69, 9.17) is 0 Å². The van der Waals surface area contributed by atoms with E-state index in [0.29, 0.717) is 12.0 Å². The minimum absolute atomic E-state index is 0.133. The number of ketones is 1. The minimum Gasteiger partial charge on any atom is -0.389 e. The monoisotopic (exact) mass is 359 g/mol. The number of fused-ring (bicyclic) bond motifs is 2. The molecule has 1 aliphatic carbocycles. The Bertz CT molecular complexity index is 954. The summed E-state index contributed by atoms with van der Waals surface area (Å²) in [6.07, 6.45) is 4.25. The van der Waals surface area contributed by atoms with Gasteiger partial charge in [0, 0.05) is 30.8 Å². The number of allylic oxidation sites excluding steroid dienone is 1. The zero-order valence-corrected chi connectivity index (χ0v) is 15.8. The average Bonchev–Trinajstić information content (AvgIpc) is 2.68. The Morgan fingerprint density at radius 1 is 1.04 bits per heavy atom. The van der Waals surface area contributed by atoms with Crippen molar-refractivity contribution in [3.8, 4) is 0 Å². The molecule has 0 aromatic heterocycles. The van der Waals surface area contributed by atoms with Crippen molar-refractivity contribution in [3.05, 3.63) is 64.2 Å². The molecular formula is C24H25NO2. The predicted octanol–water partition coefficient (Wildman–Crippen LogP) is 3.80. The molecule has 0 saturated carbocycles. The lowest BCUT2D eigenvalue weighted by molar-refractivity contribution is -0.113. The summed E-state index contributed by atoms with van der Waals surface area (Å²) in [6, 6.07) is 12.1. The molecule has 5 rings (SSSR count). The Morgan fingerprint density at radius 3 is 2.52 bits per heavy atom. The highest BCUT2D eigenvalue weighted by molar-refractivity contribution is 6.31. The van der Waals surface area contributed by atoms with E-state index in [9.17, 15) is 9.90 Å². The summed E-state index contributed by atoms with van der Waals surface area (Å²) >= 11 is 0. The van der Waals surface area contributed by atoms with Gasteiger partial charge in [-0.2, -0.15) is 0 Å². The molecule has 2 aliphatic heterocycles. The van der Waals surface area contributed by atoms with Gasteiger partial charge in [-0.1, -0.05) is 30.3 Å². The van der Waals surface area contributed by atoms with Crippen molar-refractivity contribution < 1.29 is 9.90 Å². The SMILES string of the molecule is CC(O)C1=C(c2ccccc2)C(=O)Cc2c1cc1c3c2CCCN3CCC1. The van der Waals surface area contributed by atoms with Gasteiger partial charge in [0.05, 0.1) is 6.10 Å².